The molecule has 0 unspecified atom stereocenters. The second-order valence-electron chi connectivity index (χ2n) is 4.56. The van der Waals surface area contributed by atoms with Crippen LogP contribution in [0.2, 0.25) is 0 Å². The van der Waals surface area contributed by atoms with Crippen molar-refractivity contribution in [1.82, 2.24) is 24.7 Å². The predicted octanol–water partition coefficient (Wildman–Crippen LogP) is 1.60. The molecular formula is C13H11F2N5O. The molecule has 21 heavy (non-hydrogen) atoms. The molecule has 0 spiro atoms. The SMILES string of the molecule is Cc1ccc(F)c(-c2nccn2Cc2n[nH]c(=O)[nH]2)c1F. The number of hydrogen-bond acceptors (Lipinski definition) is 3. The Morgan fingerprint density at radius 1 is 1.33 bits per heavy atom. The molecular weight excluding hydrogens is 280 g/mol. The van der Waals surface area contributed by atoms with Crippen molar-refractivity contribution in [1.29, 1.82) is 0 Å². The monoisotopic (exact) mass is 291 g/mol. The zero-order valence-electron chi connectivity index (χ0n) is 11.0. The van der Waals surface area contributed by atoms with Gasteiger partial charge in [0.25, 0.3) is 0 Å². The molecule has 0 saturated carbocycles. The van der Waals surface area contributed by atoms with Gasteiger partial charge in [-0.05, 0) is 18.6 Å². The number of hydrogen-bond donors (Lipinski definition) is 2. The van der Waals surface area contributed by atoms with E-state index in [0.717, 1.165) is 0 Å². The number of nitrogens with zero attached hydrogens (tertiary/aromatic N) is 3. The third-order valence-corrected chi connectivity index (χ3v) is 3.09. The molecule has 3 rings (SSSR count). The minimum Gasteiger partial charge on any atom is -0.323 e. The first-order valence-corrected chi connectivity index (χ1v) is 6.16. The van der Waals surface area contributed by atoms with Gasteiger partial charge in [-0.25, -0.2) is 23.7 Å². The van der Waals surface area contributed by atoms with Gasteiger partial charge in [0.15, 0.2) is 5.82 Å². The molecule has 8 heteroatoms. The standard InChI is InChI=1S/C13H11F2N5O/c1-7-2-3-8(14)10(11(7)15)12-16-4-5-20(12)6-9-17-13(21)19-18-9/h2-5H,6H2,1H3,(H2,17,18,19,21). The molecule has 1 aromatic carbocycles. The molecule has 0 aliphatic rings. The number of benzene rings is 1. The van der Waals surface area contributed by atoms with Gasteiger partial charge in [0.2, 0.25) is 0 Å². The Morgan fingerprint density at radius 3 is 2.86 bits per heavy atom. The summed E-state index contributed by atoms with van der Waals surface area (Å²) in [5, 5.41) is 5.99. The highest BCUT2D eigenvalue weighted by atomic mass is 19.1. The van der Waals surface area contributed by atoms with Crippen LogP contribution in [0.5, 0.6) is 0 Å². The highest BCUT2D eigenvalue weighted by molar-refractivity contribution is 5.59. The van der Waals surface area contributed by atoms with Gasteiger partial charge in [-0.1, -0.05) is 6.07 Å². The van der Waals surface area contributed by atoms with Crippen molar-refractivity contribution in [3.63, 3.8) is 0 Å². The third-order valence-electron chi connectivity index (χ3n) is 3.09. The van der Waals surface area contributed by atoms with Gasteiger partial charge in [0, 0.05) is 12.4 Å². The Morgan fingerprint density at radius 2 is 2.14 bits per heavy atom. The molecule has 6 nitrogen and oxygen atoms in total. The molecule has 2 heterocycles. The minimum atomic E-state index is -0.693. The van der Waals surface area contributed by atoms with E-state index < -0.39 is 17.3 Å². The van der Waals surface area contributed by atoms with Crippen LogP contribution < -0.4 is 5.69 Å². The van der Waals surface area contributed by atoms with Gasteiger partial charge in [-0.15, -0.1) is 0 Å². The van der Waals surface area contributed by atoms with E-state index in [4.69, 9.17) is 0 Å². The van der Waals surface area contributed by atoms with Gasteiger partial charge < -0.3 is 4.57 Å². The molecule has 2 aromatic heterocycles. The smallest absolute Gasteiger partial charge is 0.323 e. The zero-order valence-corrected chi connectivity index (χ0v) is 11.0. The van der Waals surface area contributed by atoms with Crippen LogP contribution in [0.1, 0.15) is 11.4 Å². The Kier molecular flexibility index (Phi) is 3.13. The van der Waals surface area contributed by atoms with Crippen LogP contribution in [0.4, 0.5) is 8.78 Å². The van der Waals surface area contributed by atoms with Crippen LogP contribution in [-0.4, -0.2) is 24.7 Å². The van der Waals surface area contributed by atoms with Crippen molar-refractivity contribution < 1.29 is 8.78 Å². The molecule has 0 atom stereocenters. The number of aromatic nitrogens is 5. The van der Waals surface area contributed by atoms with E-state index in [1.165, 1.54) is 22.9 Å². The second kappa shape index (κ2) is 4.97. The Bertz CT molecular complexity index is 848. The highest BCUT2D eigenvalue weighted by Crippen LogP contribution is 2.26. The summed E-state index contributed by atoms with van der Waals surface area (Å²) in [4.78, 5) is 17.5. The Labute approximate surface area is 117 Å². The van der Waals surface area contributed by atoms with Crippen molar-refractivity contribution in [3.05, 3.63) is 58.0 Å². The largest absolute Gasteiger partial charge is 0.340 e. The fourth-order valence-electron chi connectivity index (χ4n) is 2.07. The van der Waals surface area contributed by atoms with Crippen LogP contribution in [0.3, 0.4) is 0 Å². The first kappa shape index (κ1) is 13.2. The third kappa shape index (κ3) is 2.35. The summed E-state index contributed by atoms with van der Waals surface area (Å²) in [6.07, 6.45) is 2.99. The fourth-order valence-corrected chi connectivity index (χ4v) is 2.07. The molecule has 0 amide bonds. The molecule has 108 valence electrons. The summed E-state index contributed by atoms with van der Waals surface area (Å²) < 4.78 is 29.6. The molecule has 0 radical (unpaired) electrons. The quantitative estimate of drug-likeness (QED) is 0.769. The average Bonchev–Trinajstić information content (AvgIpc) is 3.05. The number of H-pyrrole nitrogens is 2. The van der Waals surface area contributed by atoms with Crippen LogP contribution >= 0.6 is 0 Å². The van der Waals surface area contributed by atoms with E-state index in [-0.39, 0.29) is 17.9 Å². The van der Waals surface area contributed by atoms with Gasteiger partial charge in [-0.3, -0.25) is 4.98 Å². The molecule has 3 aromatic rings. The van der Waals surface area contributed by atoms with Crippen molar-refractivity contribution in [2.45, 2.75) is 13.5 Å². The summed E-state index contributed by atoms with van der Waals surface area (Å²) in [6.45, 7) is 1.69. The average molecular weight is 291 g/mol. The van der Waals surface area contributed by atoms with Gasteiger partial charge in [0.1, 0.15) is 17.5 Å². The van der Waals surface area contributed by atoms with Crippen LogP contribution in [0.15, 0.2) is 29.3 Å². The number of aryl methyl sites for hydroxylation is 1. The highest BCUT2D eigenvalue weighted by Gasteiger charge is 2.18. The number of halogens is 2. The Hall–Kier alpha value is -2.77. The fraction of sp³-hybridized carbons (Fsp3) is 0.154. The maximum atomic E-state index is 14.2. The second-order valence-corrected chi connectivity index (χ2v) is 4.56. The van der Waals surface area contributed by atoms with Gasteiger partial charge in [0.05, 0.1) is 12.1 Å². The van der Waals surface area contributed by atoms with Gasteiger partial charge >= 0.3 is 5.69 Å². The van der Waals surface area contributed by atoms with Crippen molar-refractivity contribution in [2.24, 2.45) is 0 Å². The molecule has 0 aliphatic heterocycles. The summed E-state index contributed by atoms with van der Waals surface area (Å²) in [5.74, 6) is -0.871. The van der Waals surface area contributed by atoms with Crippen molar-refractivity contribution in [3.8, 4) is 11.4 Å². The molecule has 0 aliphatic carbocycles. The van der Waals surface area contributed by atoms with Gasteiger partial charge in [-0.2, -0.15) is 5.10 Å². The van der Waals surface area contributed by atoms with E-state index in [1.54, 1.807) is 13.1 Å². The number of rotatable bonds is 3. The lowest BCUT2D eigenvalue weighted by Gasteiger charge is -2.09. The summed E-state index contributed by atoms with van der Waals surface area (Å²) in [5.41, 5.74) is -0.313. The minimum absolute atomic E-state index is 0.137. The molecule has 0 bridgehead atoms. The van der Waals surface area contributed by atoms with E-state index in [9.17, 15) is 13.6 Å². The lowest BCUT2D eigenvalue weighted by Crippen LogP contribution is -2.07. The zero-order chi connectivity index (χ0) is 15.0. The van der Waals surface area contributed by atoms with E-state index in [1.807, 2.05) is 0 Å². The van der Waals surface area contributed by atoms with Crippen molar-refractivity contribution in [2.75, 3.05) is 0 Å². The first-order chi connectivity index (χ1) is 10.1. The lowest BCUT2D eigenvalue weighted by molar-refractivity contribution is 0.578. The number of aromatic amines is 2. The van der Waals surface area contributed by atoms with E-state index in [2.05, 4.69) is 20.2 Å². The molecule has 0 fully saturated rings. The molecule has 2 N–H and O–H groups in total. The number of imidazole rings is 1. The molecule has 0 saturated heterocycles. The Balaban J connectivity index is 2.07. The van der Waals surface area contributed by atoms with Crippen molar-refractivity contribution >= 4 is 0 Å². The maximum Gasteiger partial charge on any atom is 0.340 e. The predicted molar refractivity (Wildman–Crippen MR) is 70.6 cm³/mol. The number of nitrogens with one attached hydrogen (secondary N) is 2. The summed E-state index contributed by atoms with van der Waals surface area (Å²) in [6, 6.07) is 2.57. The maximum absolute atomic E-state index is 14.2. The lowest BCUT2D eigenvalue weighted by atomic mass is 10.1. The first-order valence-electron chi connectivity index (χ1n) is 6.16. The topological polar surface area (TPSA) is 79.4 Å². The normalized spacial score (nSPS) is 11.0. The van der Waals surface area contributed by atoms with E-state index in [0.29, 0.717) is 11.4 Å². The van der Waals surface area contributed by atoms with Crippen LogP contribution in [-0.2, 0) is 6.54 Å². The van der Waals surface area contributed by atoms with Crippen LogP contribution in [0.25, 0.3) is 11.4 Å². The summed E-state index contributed by atoms with van der Waals surface area (Å²) >= 11 is 0. The van der Waals surface area contributed by atoms with E-state index >= 15 is 0 Å². The summed E-state index contributed by atoms with van der Waals surface area (Å²) in [7, 11) is 0. The van der Waals surface area contributed by atoms with Crippen LogP contribution in [0, 0.1) is 18.6 Å².